The standard InChI is InChI=1S/C19H24ClN3O3/c1-25-17-10-15(9-16(20)19(17)26-13-18(22)24)12-23(8-7-21)11-14-5-3-2-4-6-14/h2-6,9-10H,7-8,11-13,21H2,1H3,(H2,22,24). The predicted octanol–water partition coefficient (Wildman–Crippen LogP) is 2.17. The molecule has 2 aromatic rings. The Morgan fingerprint density at radius 3 is 2.46 bits per heavy atom. The number of halogens is 1. The van der Waals surface area contributed by atoms with Crippen LogP contribution in [0.15, 0.2) is 42.5 Å². The molecule has 0 radical (unpaired) electrons. The third-order valence-electron chi connectivity index (χ3n) is 3.75. The molecule has 0 aromatic heterocycles. The van der Waals surface area contributed by atoms with E-state index in [1.54, 1.807) is 6.07 Å². The minimum atomic E-state index is -0.579. The zero-order chi connectivity index (χ0) is 18.9. The molecule has 0 aliphatic rings. The van der Waals surface area contributed by atoms with Crippen molar-refractivity contribution in [2.45, 2.75) is 13.1 Å². The van der Waals surface area contributed by atoms with Crippen molar-refractivity contribution in [2.24, 2.45) is 11.5 Å². The summed E-state index contributed by atoms with van der Waals surface area (Å²) in [6, 6.07) is 13.8. The van der Waals surface area contributed by atoms with E-state index in [9.17, 15) is 4.79 Å². The molecule has 1 amide bonds. The van der Waals surface area contributed by atoms with Crippen molar-refractivity contribution in [3.8, 4) is 11.5 Å². The van der Waals surface area contributed by atoms with Crippen molar-refractivity contribution in [1.82, 2.24) is 4.90 Å². The zero-order valence-electron chi connectivity index (χ0n) is 14.8. The number of hydrogen-bond donors (Lipinski definition) is 2. The van der Waals surface area contributed by atoms with Crippen LogP contribution in [0.1, 0.15) is 11.1 Å². The summed E-state index contributed by atoms with van der Waals surface area (Å²) >= 11 is 6.32. The molecule has 26 heavy (non-hydrogen) atoms. The van der Waals surface area contributed by atoms with Crippen LogP contribution in [0.4, 0.5) is 0 Å². The van der Waals surface area contributed by atoms with E-state index in [0.29, 0.717) is 29.6 Å². The smallest absolute Gasteiger partial charge is 0.255 e. The normalized spacial score (nSPS) is 10.8. The fourth-order valence-corrected chi connectivity index (χ4v) is 2.93. The second-order valence-electron chi connectivity index (χ2n) is 5.85. The number of ether oxygens (including phenoxy) is 2. The minimum absolute atomic E-state index is 0.261. The number of amides is 1. The molecule has 0 aliphatic carbocycles. The summed E-state index contributed by atoms with van der Waals surface area (Å²) in [6.45, 7) is 2.46. The van der Waals surface area contributed by atoms with Gasteiger partial charge in [0.1, 0.15) is 0 Å². The molecule has 0 spiro atoms. The molecule has 0 unspecified atom stereocenters. The van der Waals surface area contributed by atoms with Crippen LogP contribution < -0.4 is 20.9 Å². The fraction of sp³-hybridized carbons (Fsp3) is 0.316. The first-order valence-electron chi connectivity index (χ1n) is 8.27. The Morgan fingerprint density at radius 2 is 1.85 bits per heavy atom. The lowest BCUT2D eigenvalue weighted by Crippen LogP contribution is -2.28. The molecule has 6 nitrogen and oxygen atoms in total. The molecule has 2 rings (SSSR count). The highest BCUT2D eigenvalue weighted by molar-refractivity contribution is 6.32. The van der Waals surface area contributed by atoms with E-state index < -0.39 is 5.91 Å². The first-order valence-corrected chi connectivity index (χ1v) is 8.65. The first kappa shape index (κ1) is 20.0. The van der Waals surface area contributed by atoms with Gasteiger partial charge in [-0.2, -0.15) is 0 Å². The Labute approximate surface area is 158 Å². The van der Waals surface area contributed by atoms with Gasteiger partial charge < -0.3 is 20.9 Å². The highest BCUT2D eigenvalue weighted by Crippen LogP contribution is 2.36. The number of carbonyl (C=O) groups is 1. The van der Waals surface area contributed by atoms with Gasteiger partial charge in [0.25, 0.3) is 5.91 Å². The molecule has 4 N–H and O–H groups in total. The summed E-state index contributed by atoms with van der Waals surface area (Å²) < 4.78 is 10.7. The van der Waals surface area contributed by atoms with E-state index in [0.717, 1.165) is 18.7 Å². The maximum atomic E-state index is 10.9. The van der Waals surface area contributed by atoms with E-state index in [2.05, 4.69) is 17.0 Å². The Morgan fingerprint density at radius 1 is 1.15 bits per heavy atom. The van der Waals surface area contributed by atoms with E-state index in [1.807, 2.05) is 24.3 Å². The number of nitrogens with zero attached hydrogens (tertiary/aromatic N) is 1. The molecule has 7 heteroatoms. The topological polar surface area (TPSA) is 90.8 Å². The van der Waals surface area contributed by atoms with Gasteiger partial charge in [0.2, 0.25) is 0 Å². The lowest BCUT2D eigenvalue weighted by Gasteiger charge is -2.23. The third kappa shape index (κ3) is 5.91. The van der Waals surface area contributed by atoms with E-state index in [-0.39, 0.29) is 6.61 Å². The van der Waals surface area contributed by atoms with Crippen LogP contribution in [0.25, 0.3) is 0 Å². The number of methoxy groups -OCH3 is 1. The van der Waals surface area contributed by atoms with E-state index in [4.69, 9.17) is 32.5 Å². The predicted molar refractivity (Wildman–Crippen MR) is 102 cm³/mol. The van der Waals surface area contributed by atoms with Crippen molar-refractivity contribution in [3.63, 3.8) is 0 Å². The van der Waals surface area contributed by atoms with Gasteiger partial charge in [-0.25, -0.2) is 0 Å². The molecule has 140 valence electrons. The van der Waals surface area contributed by atoms with E-state index in [1.165, 1.54) is 12.7 Å². The SMILES string of the molecule is COc1cc(CN(CCN)Cc2ccccc2)cc(Cl)c1OCC(N)=O. The summed E-state index contributed by atoms with van der Waals surface area (Å²) in [4.78, 5) is 13.2. The lowest BCUT2D eigenvalue weighted by atomic mass is 10.1. The maximum Gasteiger partial charge on any atom is 0.255 e. The average molecular weight is 378 g/mol. The van der Waals surface area contributed by atoms with Crippen LogP contribution in [-0.2, 0) is 17.9 Å². The third-order valence-corrected chi connectivity index (χ3v) is 4.03. The van der Waals surface area contributed by atoms with Crippen molar-refractivity contribution in [1.29, 1.82) is 0 Å². The largest absolute Gasteiger partial charge is 0.493 e. The molecule has 0 saturated carbocycles. The Balaban J connectivity index is 2.17. The monoisotopic (exact) mass is 377 g/mol. The number of carbonyl (C=O) groups excluding carboxylic acids is 1. The summed E-state index contributed by atoms with van der Waals surface area (Å²) in [5.74, 6) is 0.190. The molecule has 0 aliphatic heterocycles. The Kier molecular flexibility index (Phi) is 7.72. The zero-order valence-corrected chi connectivity index (χ0v) is 15.5. The second kappa shape index (κ2) is 10.0. The van der Waals surface area contributed by atoms with Crippen LogP contribution in [0, 0.1) is 0 Å². The van der Waals surface area contributed by atoms with Gasteiger partial charge in [0.15, 0.2) is 18.1 Å². The molecule has 0 saturated heterocycles. The van der Waals surface area contributed by atoms with Gasteiger partial charge in [0, 0.05) is 26.2 Å². The summed E-state index contributed by atoms with van der Waals surface area (Å²) in [6.07, 6.45) is 0. The van der Waals surface area contributed by atoms with Gasteiger partial charge in [0.05, 0.1) is 12.1 Å². The van der Waals surface area contributed by atoms with Gasteiger partial charge in [-0.05, 0) is 23.3 Å². The Bertz CT molecular complexity index is 725. The number of hydrogen-bond acceptors (Lipinski definition) is 5. The van der Waals surface area contributed by atoms with Crippen LogP contribution in [-0.4, -0.2) is 37.6 Å². The van der Waals surface area contributed by atoms with Gasteiger partial charge in [-0.15, -0.1) is 0 Å². The van der Waals surface area contributed by atoms with Crippen molar-refractivity contribution < 1.29 is 14.3 Å². The first-order chi connectivity index (χ1) is 12.5. The maximum absolute atomic E-state index is 10.9. The van der Waals surface area contributed by atoms with Crippen molar-refractivity contribution >= 4 is 17.5 Å². The fourth-order valence-electron chi connectivity index (χ4n) is 2.64. The van der Waals surface area contributed by atoms with Crippen molar-refractivity contribution in [3.05, 3.63) is 58.6 Å². The van der Waals surface area contributed by atoms with Crippen LogP contribution in [0.2, 0.25) is 5.02 Å². The number of rotatable bonds is 10. The molecule has 0 atom stereocenters. The number of nitrogens with two attached hydrogens (primary N) is 2. The average Bonchev–Trinajstić information content (AvgIpc) is 2.61. The van der Waals surface area contributed by atoms with Gasteiger partial charge in [-0.1, -0.05) is 41.9 Å². The highest BCUT2D eigenvalue weighted by Gasteiger charge is 2.15. The molecule has 0 fully saturated rings. The minimum Gasteiger partial charge on any atom is -0.493 e. The number of primary amides is 1. The van der Waals surface area contributed by atoms with Crippen LogP contribution in [0.3, 0.4) is 0 Å². The van der Waals surface area contributed by atoms with Gasteiger partial charge >= 0.3 is 0 Å². The highest BCUT2D eigenvalue weighted by atomic mass is 35.5. The molecule has 0 bridgehead atoms. The molecule has 2 aromatic carbocycles. The second-order valence-corrected chi connectivity index (χ2v) is 6.26. The summed E-state index contributed by atoms with van der Waals surface area (Å²) in [5.41, 5.74) is 13.0. The summed E-state index contributed by atoms with van der Waals surface area (Å²) in [5, 5.41) is 0.369. The number of benzene rings is 2. The molecular formula is C19H24ClN3O3. The van der Waals surface area contributed by atoms with Crippen LogP contribution in [0.5, 0.6) is 11.5 Å². The van der Waals surface area contributed by atoms with Crippen LogP contribution >= 0.6 is 11.6 Å². The van der Waals surface area contributed by atoms with E-state index >= 15 is 0 Å². The quantitative estimate of drug-likeness (QED) is 0.662. The van der Waals surface area contributed by atoms with Gasteiger partial charge in [-0.3, -0.25) is 9.69 Å². The lowest BCUT2D eigenvalue weighted by molar-refractivity contribution is -0.119. The Hall–Kier alpha value is -2.28. The summed E-state index contributed by atoms with van der Waals surface area (Å²) in [7, 11) is 1.52. The molecular weight excluding hydrogens is 354 g/mol. The van der Waals surface area contributed by atoms with Crippen molar-refractivity contribution in [2.75, 3.05) is 26.8 Å². The molecule has 0 heterocycles.